The van der Waals surface area contributed by atoms with Crippen LogP contribution in [0.3, 0.4) is 0 Å². The Morgan fingerprint density at radius 1 is 1.17 bits per heavy atom. The van der Waals surface area contributed by atoms with Gasteiger partial charge >= 0.3 is 0 Å². The molecular formula is C20H27N3O4S2. The molecule has 1 fully saturated rings. The number of ether oxygens (including phenoxy) is 1. The van der Waals surface area contributed by atoms with Gasteiger partial charge in [0.1, 0.15) is 22.1 Å². The van der Waals surface area contributed by atoms with Crippen LogP contribution in [0.5, 0.6) is 5.75 Å². The molecule has 158 valence electrons. The standard InChI is InChI=1S/C20H27N3O4S2/c1-22(2)12-13-27-17-7-5-16(6-8-17)15-21-20(24)19-18(9-14-28-19)29(25,26)23-10-3-4-11-23/h5-9,14H,3-4,10-13,15H2,1-2H3,(H,21,24). The maximum Gasteiger partial charge on any atom is 0.263 e. The lowest BCUT2D eigenvalue weighted by Gasteiger charge is -2.15. The average molecular weight is 438 g/mol. The van der Waals surface area contributed by atoms with Gasteiger partial charge in [0.2, 0.25) is 10.0 Å². The molecule has 1 aliphatic heterocycles. The van der Waals surface area contributed by atoms with E-state index in [9.17, 15) is 13.2 Å². The van der Waals surface area contributed by atoms with Crippen molar-refractivity contribution in [1.82, 2.24) is 14.5 Å². The zero-order valence-electron chi connectivity index (χ0n) is 16.8. The molecule has 29 heavy (non-hydrogen) atoms. The van der Waals surface area contributed by atoms with Crippen LogP contribution >= 0.6 is 11.3 Å². The van der Waals surface area contributed by atoms with Crippen molar-refractivity contribution >= 4 is 27.3 Å². The van der Waals surface area contributed by atoms with E-state index in [4.69, 9.17) is 4.74 Å². The monoisotopic (exact) mass is 437 g/mol. The Balaban J connectivity index is 1.58. The molecule has 2 heterocycles. The van der Waals surface area contributed by atoms with Gasteiger partial charge in [-0.25, -0.2) is 8.42 Å². The third-order valence-corrected chi connectivity index (χ3v) is 7.69. The first-order valence-electron chi connectivity index (χ1n) is 9.60. The lowest BCUT2D eigenvalue weighted by molar-refractivity contribution is 0.0952. The summed E-state index contributed by atoms with van der Waals surface area (Å²) in [6.45, 7) is 2.79. The lowest BCUT2D eigenvalue weighted by Crippen LogP contribution is -2.30. The normalized spacial score (nSPS) is 15.0. The molecule has 0 spiro atoms. The van der Waals surface area contributed by atoms with E-state index in [2.05, 4.69) is 5.32 Å². The molecule has 0 aliphatic carbocycles. The van der Waals surface area contributed by atoms with Crippen LogP contribution in [0, 0.1) is 0 Å². The minimum Gasteiger partial charge on any atom is -0.492 e. The van der Waals surface area contributed by atoms with E-state index in [-0.39, 0.29) is 15.7 Å². The van der Waals surface area contributed by atoms with Gasteiger partial charge in [-0.05, 0) is 56.1 Å². The summed E-state index contributed by atoms with van der Waals surface area (Å²) in [5.74, 6) is 0.406. The van der Waals surface area contributed by atoms with Gasteiger partial charge in [0.15, 0.2) is 0 Å². The Labute approximate surface area is 176 Å². The fourth-order valence-corrected chi connectivity index (χ4v) is 5.88. The summed E-state index contributed by atoms with van der Waals surface area (Å²) < 4.78 is 32.7. The summed E-state index contributed by atoms with van der Waals surface area (Å²) in [7, 11) is 0.369. The largest absolute Gasteiger partial charge is 0.492 e. The summed E-state index contributed by atoms with van der Waals surface area (Å²) >= 11 is 1.15. The van der Waals surface area contributed by atoms with E-state index in [1.807, 2.05) is 43.3 Å². The number of hydrogen-bond acceptors (Lipinski definition) is 6. The molecule has 0 radical (unpaired) electrons. The zero-order chi connectivity index (χ0) is 20.9. The molecule has 2 aromatic rings. The van der Waals surface area contributed by atoms with Crippen LogP contribution in [0.2, 0.25) is 0 Å². The van der Waals surface area contributed by atoms with Crippen molar-refractivity contribution in [3.8, 4) is 5.75 Å². The van der Waals surface area contributed by atoms with Crippen LogP contribution in [0.4, 0.5) is 0 Å². The maximum atomic E-state index is 12.8. The number of amides is 1. The molecule has 1 amide bonds. The number of nitrogens with one attached hydrogen (secondary N) is 1. The van der Waals surface area contributed by atoms with E-state index >= 15 is 0 Å². The number of nitrogens with zero attached hydrogens (tertiary/aromatic N) is 2. The molecule has 1 aromatic heterocycles. The molecule has 1 saturated heterocycles. The highest BCUT2D eigenvalue weighted by atomic mass is 32.2. The van der Waals surface area contributed by atoms with E-state index in [1.54, 1.807) is 5.38 Å². The van der Waals surface area contributed by atoms with Crippen LogP contribution in [0.1, 0.15) is 28.1 Å². The minimum absolute atomic E-state index is 0.103. The van der Waals surface area contributed by atoms with Crippen LogP contribution in [0.15, 0.2) is 40.6 Å². The number of hydrogen-bond donors (Lipinski definition) is 1. The van der Waals surface area contributed by atoms with Crippen LogP contribution in [-0.4, -0.2) is 63.9 Å². The van der Waals surface area contributed by atoms with Gasteiger partial charge < -0.3 is 15.0 Å². The van der Waals surface area contributed by atoms with E-state index in [0.717, 1.165) is 42.0 Å². The number of carbonyl (C=O) groups is 1. The second-order valence-electron chi connectivity index (χ2n) is 7.20. The Hall–Kier alpha value is -1.94. The molecule has 1 aliphatic rings. The smallest absolute Gasteiger partial charge is 0.263 e. The fraction of sp³-hybridized carbons (Fsp3) is 0.450. The molecule has 7 nitrogen and oxygen atoms in total. The number of sulfonamides is 1. The molecule has 0 unspecified atom stereocenters. The Bertz CT molecular complexity index is 917. The molecule has 1 N–H and O–H groups in total. The Morgan fingerprint density at radius 2 is 1.86 bits per heavy atom. The van der Waals surface area contributed by atoms with Gasteiger partial charge in [-0.15, -0.1) is 11.3 Å². The van der Waals surface area contributed by atoms with E-state index in [0.29, 0.717) is 26.2 Å². The Kier molecular flexibility index (Phi) is 7.28. The number of carbonyl (C=O) groups excluding carboxylic acids is 1. The first-order chi connectivity index (χ1) is 13.9. The van der Waals surface area contributed by atoms with Crippen LogP contribution in [-0.2, 0) is 16.6 Å². The summed E-state index contributed by atoms with van der Waals surface area (Å²) in [6, 6.07) is 9.04. The predicted molar refractivity (Wildman–Crippen MR) is 114 cm³/mol. The third-order valence-electron chi connectivity index (χ3n) is 4.70. The number of thiophene rings is 1. The highest BCUT2D eigenvalue weighted by Gasteiger charge is 2.31. The SMILES string of the molecule is CN(C)CCOc1ccc(CNC(=O)c2sccc2S(=O)(=O)N2CCCC2)cc1. The van der Waals surface area contributed by atoms with Gasteiger partial charge in [-0.3, -0.25) is 4.79 Å². The van der Waals surface area contributed by atoms with Crippen molar-refractivity contribution in [2.24, 2.45) is 0 Å². The lowest BCUT2D eigenvalue weighted by atomic mass is 10.2. The van der Waals surface area contributed by atoms with Gasteiger partial charge in [-0.2, -0.15) is 4.31 Å². The quantitative estimate of drug-likeness (QED) is 0.652. The number of rotatable bonds is 9. The topological polar surface area (TPSA) is 79.0 Å². The number of benzene rings is 1. The van der Waals surface area contributed by atoms with Crippen molar-refractivity contribution in [3.05, 3.63) is 46.2 Å². The first-order valence-corrected chi connectivity index (χ1v) is 11.9. The summed E-state index contributed by atoms with van der Waals surface area (Å²) in [4.78, 5) is 15.0. The van der Waals surface area contributed by atoms with Crippen LogP contribution < -0.4 is 10.1 Å². The van der Waals surface area contributed by atoms with Crippen molar-refractivity contribution in [2.75, 3.05) is 40.3 Å². The number of likely N-dealkylation sites (N-methyl/N-ethyl adjacent to an activating group) is 1. The fourth-order valence-electron chi connectivity index (χ4n) is 3.05. The van der Waals surface area contributed by atoms with Crippen molar-refractivity contribution in [2.45, 2.75) is 24.3 Å². The molecule has 3 rings (SSSR count). The molecular weight excluding hydrogens is 410 g/mol. The maximum absolute atomic E-state index is 12.8. The minimum atomic E-state index is -3.61. The van der Waals surface area contributed by atoms with Crippen molar-refractivity contribution in [3.63, 3.8) is 0 Å². The zero-order valence-corrected chi connectivity index (χ0v) is 18.4. The predicted octanol–water partition coefficient (Wildman–Crippen LogP) is 2.40. The second-order valence-corrected chi connectivity index (χ2v) is 10.0. The van der Waals surface area contributed by atoms with Crippen molar-refractivity contribution in [1.29, 1.82) is 0 Å². The van der Waals surface area contributed by atoms with Gasteiger partial charge in [0, 0.05) is 26.2 Å². The molecule has 0 saturated carbocycles. The van der Waals surface area contributed by atoms with Gasteiger partial charge in [0.05, 0.1) is 0 Å². The molecule has 1 aromatic carbocycles. The van der Waals surface area contributed by atoms with Gasteiger partial charge in [-0.1, -0.05) is 12.1 Å². The summed E-state index contributed by atoms with van der Waals surface area (Å²) in [6.07, 6.45) is 1.72. The first kappa shape index (κ1) is 21.8. The highest BCUT2D eigenvalue weighted by molar-refractivity contribution is 7.89. The third kappa shape index (κ3) is 5.57. The average Bonchev–Trinajstić information content (AvgIpc) is 3.39. The summed E-state index contributed by atoms with van der Waals surface area (Å²) in [5, 5.41) is 4.47. The van der Waals surface area contributed by atoms with E-state index < -0.39 is 10.0 Å². The van der Waals surface area contributed by atoms with Crippen molar-refractivity contribution < 1.29 is 17.9 Å². The van der Waals surface area contributed by atoms with Gasteiger partial charge in [0.25, 0.3) is 5.91 Å². The van der Waals surface area contributed by atoms with Crippen LogP contribution in [0.25, 0.3) is 0 Å². The second kappa shape index (κ2) is 9.71. The highest BCUT2D eigenvalue weighted by Crippen LogP contribution is 2.27. The Morgan fingerprint density at radius 3 is 2.52 bits per heavy atom. The molecule has 9 heteroatoms. The molecule has 0 atom stereocenters. The van der Waals surface area contributed by atoms with E-state index in [1.165, 1.54) is 10.4 Å². The molecule has 0 bridgehead atoms. The summed E-state index contributed by atoms with van der Waals surface area (Å²) in [5.41, 5.74) is 0.916.